The minimum atomic E-state index is -0.311. The van der Waals surface area contributed by atoms with Crippen LogP contribution in [-0.4, -0.2) is 21.0 Å². The Bertz CT molecular complexity index is 1200. The van der Waals surface area contributed by atoms with Crippen LogP contribution >= 0.6 is 23.8 Å². The molecule has 150 valence electrons. The molecule has 2 aromatic carbocycles. The molecule has 0 saturated carbocycles. The second-order valence-electron chi connectivity index (χ2n) is 6.64. The van der Waals surface area contributed by atoms with Crippen LogP contribution in [0.1, 0.15) is 21.5 Å². The Morgan fingerprint density at radius 2 is 1.97 bits per heavy atom. The van der Waals surface area contributed by atoms with E-state index in [4.69, 9.17) is 28.2 Å². The van der Waals surface area contributed by atoms with E-state index in [-0.39, 0.29) is 11.0 Å². The Labute approximate surface area is 183 Å². The average molecular weight is 437 g/mol. The Morgan fingerprint density at radius 1 is 1.17 bits per heavy atom. The van der Waals surface area contributed by atoms with Gasteiger partial charge in [0.1, 0.15) is 0 Å². The first kappa shape index (κ1) is 20.0. The molecule has 6 nitrogen and oxygen atoms in total. The molecule has 4 aromatic rings. The largest absolute Gasteiger partial charge is 0.434 e. The minimum Gasteiger partial charge on any atom is -0.434 e. The number of hydrogen-bond donors (Lipinski definition) is 2. The fraction of sp³-hybridized carbons (Fsp3) is 0.0909. The highest BCUT2D eigenvalue weighted by Crippen LogP contribution is 2.23. The minimum absolute atomic E-state index is 0.241. The molecule has 0 fully saturated rings. The lowest BCUT2D eigenvalue weighted by Gasteiger charge is -2.10. The molecule has 0 atom stereocenters. The molecule has 0 aliphatic rings. The lowest BCUT2D eigenvalue weighted by molar-refractivity contribution is 0.0976. The summed E-state index contributed by atoms with van der Waals surface area (Å²) in [5.74, 6) is 0.206. The van der Waals surface area contributed by atoms with E-state index in [9.17, 15) is 4.79 Å². The number of nitrogens with zero attached hydrogens (tertiary/aromatic N) is 2. The highest BCUT2D eigenvalue weighted by molar-refractivity contribution is 7.80. The van der Waals surface area contributed by atoms with Crippen LogP contribution in [0, 0.1) is 6.92 Å². The van der Waals surface area contributed by atoms with Gasteiger partial charge in [-0.05, 0) is 66.7 Å². The van der Waals surface area contributed by atoms with Crippen molar-refractivity contribution < 1.29 is 9.21 Å². The Balaban J connectivity index is 1.35. The molecular weight excluding hydrogens is 420 g/mol. The molecule has 8 heteroatoms. The van der Waals surface area contributed by atoms with Gasteiger partial charge in [-0.2, -0.15) is 4.98 Å². The van der Waals surface area contributed by atoms with E-state index in [1.807, 2.05) is 37.3 Å². The molecule has 0 spiro atoms. The monoisotopic (exact) mass is 436 g/mol. The number of fused-ring (bicyclic) bond motifs is 1. The second-order valence-corrected chi connectivity index (χ2v) is 7.46. The van der Waals surface area contributed by atoms with E-state index in [1.54, 1.807) is 30.5 Å². The zero-order valence-corrected chi connectivity index (χ0v) is 17.6. The van der Waals surface area contributed by atoms with Crippen molar-refractivity contribution in [2.24, 2.45) is 0 Å². The molecular formula is C22H17ClN4O2S. The van der Waals surface area contributed by atoms with E-state index in [0.717, 1.165) is 16.7 Å². The SMILES string of the molecule is Cc1ccc(C(=O)NC(=S)NCc2ccc(-c3nc4ncccc4o3)cc2)cc1Cl. The van der Waals surface area contributed by atoms with E-state index in [0.29, 0.717) is 34.3 Å². The van der Waals surface area contributed by atoms with Gasteiger partial charge in [-0.3, -0.25) is 10.1 Å². The number of aromatic nitrogens is 2. The molecule has 30 heavy (non-hydrogen) atoms. The summed E-state index contributed by atoms with van der Waals surface area (Å²) in [6, 6.07) is 16.5. The standard InChI is InChI=1S/C22H17ClN4O2S/c1-13-4-7-16(11-17(13)23)20(28)27-22(30)25-12-14-5-8-15(9-6-14)21-26-19-18(29-21)3-2-10-24-19/h2-11H,12H2,1H3,(H2,25,27,28,30). The van der Waals surface area contributed by atoms with Crippen molar-refractivity contribution in [3.05, 3.63) is 82.5 Å². The number of aryl methyl sites for hydroxylation is 1. The number of nitrogens with one attached hydrogen (secondary N) is 2. The third kappa shape index (κ3) is 4.48. The average Bonchev–Trinajstić information content (AvgIpc) is 3.19. The summed E-state index contributed by atoms with van der Waals surface area (Å²) in [7, 11) is 0. The normalized spacial score (nSPS) is 10.7. The van der Waals surface area contributed by atoms with E-state index < -0.39 is 0 Å². The molecule has 2 N–H and O–H groups in total. The maximum atomic E-state index is 12.3. The first-order valence-corrected chi connectivity index (χ1v) is 9.94. The van der Waals surface area contributed by atoms with E-state index in [1.165, 1.54) is 0 Å². The number of hydrogen-bond acceptors (Lipinski definition) is 5. The van der Waals surface area contributed by atoms with Crippen molar-refractivity contribution in [2.75, 3.05) is 0 Å². The molecule has 2 heterocycles. The van der Waals surface area contributed by atoms with Crippen molar-refractivity contribution in [2.45, 2.75) is 13.5 Å². The number of carbonyl (C=O) groups is 1. The van der Waals surface area contributed by atoms with Crippen LogP contribution in [0.15, 0.2) is 65.2 Å². The van der Waals surface area contributed by atoms with Gasteiger partial charge in [-0.15, -0.1) is 0 Å². The maximum absolute atomic E-state index is 12.3. The molecule has 0 aliphatic heterocycles. The number of amides is 1. The van der Waals surface area contributed by atoms with Crippen LogP contribution in [0.5, 0.6) is 0 Å². The summed E-state index contributed by atoms with van der Waals surface area (Å²) >= 11 is 11.3. The summed E-state index contributed by atoms with van der Waals surface area (Å²) in [5, 5.41) is 6.46. The quantitative estimate of drug-likeness (QED) is 0.453. The number of rotatable bonds is 4. The van der Waals surface area contributed by atoms with Crippen LogP contribution in [-0.2, 0) is 6.54 Å². The lowest BCUT2D eigenvalue weighted by Crippen LogP contribution is -2.38. The van der Waals surface area contributed by atoms with Crippen LogP contribution < -0.4 is 10.6 Å². The fourth-order valence-corrected chi connectivity index (χ4v) is 3.14. The number of halogens is 1. The summed E-state index contributed by atoms with van der Waals surface area (Å²) in [5.41, 5.74) is 4.42. The van der Waals surface area contributed by atoms with Crippen molar-refractivity contribution in [1.29, 1.82) is 0 Å². The van der Waals surface area contributed by atoms with Crippen LogP contribution in [0.3, 0.4) is 0 Å². The number of oxazole rings is 1. The van der Waals surface area contributed by atoms with Gasteiger partial charge in [0.15, 0.2) is 16.3 Å². The van der Waals surface area contributed by atoms with E-state index >= 15 is 0 Å². The third-order valence-electron chi connectivity index (χ3n) is 4.48. The third-order valence-corrected chi connectivity index (χ3v) is 5.13. The number of carbonyl (C=O) groups excluding carboxylic acids is 1. The van der Waals surface area contributed by atoms with Gasteiger partial charge in [0.2, 0.25) is 5.89 Å². The number of benzene rings is 2. The first-order valence-electron chi connectivity index (χ1n) is 9.16. The van der Waals surface area contributed by atoms with Crippen LogP contribution in [0.4, 0.5) is 0 Å². The molecule has 4 rings (SSSR count). The fourth-order valence-electron chi connectivity index (χ4n) is 2.79. The van der Waals surface area contributed by atoms with Crippen molar-refractivity contribution >= 4 is 46.1 Å². The number of thiocarbonyl (C=S) groups is 1. The summed E-state index contributed by atoms with van der Waals surface area (Å²) in [6.45, 7) is 2.34. The highest BCUT2D eigenvalue weighted by Gasteiger charge is 2.10. The van der Waals surface area contributed by atoms with Gasteiger partial charge in [-0.1, -0.05) is 29.8 Å². The van der Waals surface area contributed by atoms with Gasteiger partial charge in [0.25, 0.3) is 5.91 Å². The molecule has 0 aliphatic carbocycles. The predicted molar refractivity (Wildman–Crippen MR) is 120 cm³/mol. The number of pyridine rings is 1. The van der Waals surface area contributed by atoms with Crippen LogP contribution in [0.2, 0.25) is 5.02 Å². The summed E-state index contributed by atoms with van der Waals surface area (Å²) in [6.07, 6.45) is 1.68. The molecule has 1 amide bonds. The highest BCUT2D eigenvalue weighted by atomic mass is 35.5. The molecule has 0 radical (unpaired) electrons. The van der Waals surface area contributed by atoms with E-state index in [2.05, 4.69) is 20.6 Å². The predicted octanol–water partition coefficient (Wildman–Crippen LogP) is 4.66. The van der Waals surface area contributed by atoms with Gasteiger partial charge >= 0.3 is 0 Å². The molecule has 0 unspecified atom stereocenters. The Kier molecular flexibility index (Phi) is 5.74. The molecule has 0 bridgehead atoms. The zero-order chi connectivity index (χ0) is 21.1. The zero-order valence-electron chi connectivity index (χ0n) is 16.0. The van der Waals surface area contributed by atoms with Crippen molar-refractivity contribution in [3.8, 4) is 11.5 Å². The Morgan fingerprint density at radius 3 is 2.70 bits per heavy atom. The Hall–Kier alpha value is -3.29. The van der Waals surface area contributed by atoms with Gasteiger partial charge in [0, 0.05) is 28.9 Å². The van der Waals surface area contributed by atoms with Crippen LogP contribution in [0.25, 0.3) is 22.7 Å². The topological polar surface area (TPSA) is 80.0 Å². The maximum Gasteiger partial charge on any atom is 0.257 e. The van der Waals surface area contributed by atoms with Crippen molar-refractivity contribution in [3.63, 3.8) is 0 Å². The summed E-state index contributed by atoms with van der Waals surface area (Å²) in [4.78, 5) is 20.9. The first-order chi connectivity index (χ1) is 14.5. The molecule has 0 saturated heterocycles. The van der Waals surface area contributed by atoms with Crippen molar-refractivity contribution in [1.82, 2.24) is 20.6 Å². The summed E-state index contributed by atoms with van der Waals surface area (Å²) < 4.78 is 5.73. The molecule has 2 aromatic heterocycles. The lowest BCUT2D eigenvalue weighted by atomic mass is 10.1. The van der Waals surface area contributed by atoms with Gasteiger partial charge < -0.3 is 9.73 Å². The second kappa shape index (κ2) is 8.61. The van der Waals surface area contributed by atoms with Gasteiger partial charge in [-0.25, -0.2) is 4.98 Å². The van der Waals surface area contributed by atoms with Gasteiger partial charge in [0.05, 0.1) is 0 Å². The smallest absolute Gasteiger partial charge is 0.257 e.